The summed E-state index contributed by atoms with van der Waals surface area (Å²) in [5, 5.41) is 3.25. The molecule has 2 N–H and O–H groups in total. The molecule has 0 amide bonds. The van der Waals surface area contributed by atoms with Crippen LogP contribution in [0.4, 0.5) is 0 Å². The molecule has 1 heterocycles. The molecule has 1 aromatic carbocycles. The van der Waals surface area contributed by atoms with Gasteiger partial charge in [0.25, 0.3) is 0 Å². The smallest absolute Gasteiger partial charge is 0.132 e. The molecule has 0 spiro atoms. The lowest BCUT2D eigenvalue weighted by atomic mass is 10.1. The van der Waals surface area contributed by atoms with E-state index in [-0.39, 0.29) is 6.23 Å². The van der Waals surface area contributed by atoms with Gasteiger partial charge in [0.2, 0.25) is 0 Å². The summed E-state index contributed by atoms with van der Waals surface area (Å²) in [6.07, 6.45) is -0.309. The molecule has 1 unspecified atom stereocenters. The Balaban J connectivity index is 2.57. The molecular formula is C10H11NOS. The van der Waals surface area contributed by atoms with Crippen molar-refractivity contribution in [1.29, 1.82) is 0 Å². The van der Waals surface area contributed by atoms with Crippen LogP contribution in [0.1, 0.15) is 11.8 Å². The Morgan fingerprint density at radius 1 is 1.38 bits per heavy atom. The van der Waals surface area contributed by atoms with Crippen LogP contribution in [-0.4, -0.2) is 7.11 Å². The maximum atomic E-state index is 5.79. The molecule has 2 aromatic rings. The fourth-order valence-electron chi connectivity index (χ4n) is 1.35. The maximum Gasteiger partial charge on any atom is 0.132 e. The summed E-state index contributed by atoms with van der Waals surface area (Å²) in [6.45, 7) is 0. The number of benzene rings is 1. The van der Waals surface area contributed by atoms with Crippen molar-refractivity contribution in [1.82, 2.24) is 0 Å². The number of hydrogen-bond donors (Lipinski definition) is 1. The lowest BCUT2D eigenvalue weighted by molar-refractivity contribution is 0.111. The molecule has 0 aliphatic rings. The van der Waals surface area contributed by atoms with Gasteiger partial charge in [0, 0.05) is 17.4 Å². The first kappa shape index (κ1) is 8.69. The summed E-state index contributed by atoms with van der Waals surface area (Å²) in [5.41, 5.74) is 6.86. The highest BCUT2D eigenvalue weighted by Crippen LogP contribution is 2.29. The molecule has 0 aliphatic carbocycles. The van der Waals surface area contributed by atoms with Crippen LogP contribution in [0.5, 0.6) is 0 Å². The molecule has 0 radical (unpaired) electrons. The van der Waals surface area contributed by atoms with Gasteiger partial charge in [-0.1, -0.05) is 18.2 Å². The second kappa shape index (κ2) is 3.46. The van der Waals surface area contributed by atoms with Gasteiger partial charge in [-0.3, -0.25) is 0 Å². The summed E-state index contributed by atoms with van der Waals surface area (Å²) in [5.74, 6) is 0. The Morgan fingerprint density at radius 3 is 2.92 bits per heavy atom. The van der Waals surface area contributed by atoms with Gasteiger partial charge in [-0.05, 0) is 16.8 Å². The van der Waals surface area contributed by atoms with Crippen LogP contribution in [-0.2, 0) is 4.74 Å². The summed E-state index contributed by atoms with van der Waals surface area (Å²) in [7, 11) is 1.62. The highest BCUT2D eigenvalue weighted by molar-refractivity contribution is 7.17. The number of ether oxygens (including phenoxy) is 1. The lowest BCUT2D eigenvalue weighted by Gasteiger charge is -2.07. The summed E-state index contributed by atoms with van der Waals surface area (Å²) < 4.78 is 6.34. The van der Waals surface area contributed by atoms with E-state index >= 15 is 0 Å². The average Bonchev–Trinajstić information content (AvgIpc) is 2.60. The third-order valence-corrected chi connectivity index (χ3v) is 3.05. The average molecular weight is 193 g/mol. The van der Waals surface area contributed by atoms with Crippen molar-refractivity contribution in [3.63, 3.8) is 0 Å². The van der Waals surface area contributed by atoms with Crippen LogP contribution in [0.15, 0.2) is 29.6 Å². The number of fused-ring (bicyclic) bond motifs is 1. The van der Waals surface area contributed by atoms with Crippen molar-refractivity contribution in [2.75, 3.05) is 7.11 Å². The third-order valence-electron chi connectivity index (χ3n) is 2.07. The quantitative estimate of drug-likeness (QED) is 0.744. The van der Waals surface area contributed by atoms with E-state index in [2.05, 4.69) is 17.5 Å². The van der Waals surface area contributed by atoms with Gasteiger partial charge in [-0.2, -0.15) is 0 Å². The zero-order chi connectivity index (χ0) is 9.26. The van der Waals surface area contributed by atoms with Crippen molar-refractivity contribution in [3.05, 3.63) is 35.2 Å². The molecule has 13 heavy (non-hydrogen) atoms. The van der Waals surface area contributed by atoms with Crippen molar-refractivity contribution in [2.45, 2.75) is 6.23 Å². The van der Waals surface area contributed by atoms with Crippen LogP contribution in [0.25, 0.3) is 10.1 Å². The molecule has 0 aliphatic heterocycles. The van der Waals surface area contributed by atoms with E-state index in [4.69, 9.17) is 10.5 Å². The summed E-state index contributed by atoms with van der Waals surface area (Å²) in [4.78, 5) is 0. The first-order valence-corrected chi connectivity index (χ1v) is 4.95. The Labute approximate surface area is 80.9 Å². The highest BCUT2D eigenvalue weighted by atomic mass is 32.1. The molecule has 2 rings (SSSR count). The first-order valence-electron chi connectivity index (χ1n) is 4.07. The monoisotopic (exact) mass is 193 g/mol. The van der Waals surface area contributed by atoms with Crippen LogP contribution in [0, 0.1) is 0 Å². The fourth-order valence-corrected chi connectivity index (χ4v) is 2.33. The predicted molar refractivity (Wildman–Crippen MR) is 55.8 cm³/mol. The van der Waals surface area contributed by atoms with E-state index in [0.29, 0.717) is 0 Å². The Bertz CT molecular complexity index is 410. The standard InChI is InChI=1S/C10H11NOS/c1-12-10(11)8-6-13-9-5-3-2-4-7(8)9/h2-6,10H,11H2,1H3. The van der Waals surface area contributed by atoms with Crippen molar-refractivity contribution >= 4 is 21.4 Å². The van der Waals surface area contributed by atoms with Gasteiger partial charge >= 0.3 is 0 Å². The van der Waals surface area contributed by atoms with Crippen LogP contribution in [0.3, 0.4) is 0 Å². The van der Waals surface area contributed by atoms with Gasteiger partial charge in [0.15, 0.2) is 0 Å². The van der Waals surface area contributed by atoms with Gasteiger partial charge in [-0.15, -0.1) is 11.3 Å². The van der Waals surface area contributed by atoms with Gasteiger partial charge in [-0.25, -0.2) is 0 Å². The van der Waals surface area contributed by atoms with Gasteiger partial charge < -0.3 is 10.5 Å². The molecule has 0 fully saturated rings. The largest absolute Gasteiger partial charge is 0.362 e. The number of thiophene rings is 1. The van der Waals surface area contributed by atoms with Crippen molar-refractivity contribution < 1.29 is 4.74 Å². The Hall–Kier alpha value is -0.900. The van der Waals surface area contributed by atoms with Crippen LogP contribution in [0.2, 0.25) is 0 Å². The van der Waals surface area contributed by atoms with E-state index in [1.165, 1.54) is 10.1 Å². The fraction of sp³-hybridized carbons (Fsp3) is 0.200. The predicted octanol–water partition coefficient (Wildman–Crippen LogP) is 2.51. The molecule has 0 bridgehead atoms. The molecule has 0 saturated heterocycles. The maximum absolute atomic E-state index is 5.79. The zero-order valence-corrected chi connectivity index (χ0v) is 8.17. The van der Waals surface area contributed by atoms with Crippen molar-refractivity contribution in [2.24, 2.45) is 5.73 Å². The normalized spacial score (nSPS) is 13.4. The number of methoxy groups -OCH3 is 1. The summed E-state index contributed by atoms with van der Waals surface area (Å²) in [6, 6.07) is 8.20. The summed E-state index contributed by atoms with van der Waals surface area (Å²) >= 11 is 1.70. The van der Waals surface area contributed by atoms with E-state index in [9.17, 15) is 0 Å². The molecule has 1 atom stereocenters. The third kappa shape index (κ3) is 1.46. The number of rotatable bonds is 2. The zero-order valence-electron chi connectivity index (χ0n) is 7.36. The van der Waals surface area contributed by atoms with Crippen LogP contribution < -0.4 is 5.73 Å². The second-order valence-electron chi connectivity index (χ2n) is 2.84. The minimum absolute atomic E-state index is 0.309. The molecule has 68 valence electrons. The first-order chi connectivity index (χ1) is 6.33. The van der Waals surface area contributed by atoms with E-state index < -0.39 is 0 Å². The van der Waals surface area contributed by atoms with E-state index in [0.717, 1.165) is 5.56 Å². The molecule has 3 heteroatoms. The van der Waals surface area contributed by atoms with Gasteiger partial charge in [0.1, 0.15) is 6.23 Å². The molecule has 0 saturated carbocycles. The number of nitrogens with two attached hydrogens (primary N) is 1. The second-order valence-corrected chi connectivity index (χ2v) is 3.75. The lowest BCUT2D eigenvalue weighted by Crippen LogP contribution is -2.11. The SMILES string of the molecule is COC(N)c1csc2ccccc12. The minimum Gasteiger partial charge on any atom is -0.362 e. The minimum atomic E-state index is -0.309. The Kier molecular flexibility index (Phi) is 2.31. The molecular weight excluding hydrogens is 182 g/mol. The van der Waals surface area contributed by atoms with E-state index in [1.54, 1.807) is 18.4 Å². The Morgan fingerprint density at radius 2 is 2.15 bits per heavy atom. The highest BCUT2D eigenvalue weighted by Gasteiger charge is 2.09. The molecule has 1 aromatic heterocycles. The van der Waals surface area contributed by atoms with Crippen LogP contribution >= 0.6 is 11.3 Å². The van der Waals surface area contributed by atoms with Crippen molar-refractivity contribution in [3.8, 4) is 0 Å². The topological polar surface area (TPSA) is 35.2 Å². The van der Waals surface area contributed by atoms with Gasteiger partial charge in [0.05, 0.1) is 0 Å². The van der Waals surface area contributed by atoms with E-state index in [1.807, 2.05) is 12.1 Å². The number of hydrogen-bond acceptors (Lipinski definition) is 3. The molecule has 2 nitrogen and oxygen atoms in total.